The average molecular weight is 409 g/mol. The lowest BCUT2D eigenvalue weighted by Gasteiger charge is -2.39. The van der Waals surface area contributed by atoms with Crippen molar-refractivity contribution >= 4 is 17.3 Å². The van der Waals surface area contributed by atoms with E-state index in [9.17, 15) is 14.9 Å². The maximum absolute atomic E-state index is 13.0. The molecule has 8 nitrogen and oxygen atoms in total. The van der Waals surface area contributed by atoms with Crippen molar-refractivity contribution in [2.75, 3.05) is 44.2 Å². The minimum atomic E-state index is -0.336. The lowest BCUT2D eigenvalue weighted by atomic mass is 9.94. The first-order valence-corrected chi connectivity index (χ1v) is 10.5. The lowest BCUT2D eigenvalue weighted by molar-refractivity contribution is -0.384. The number of carbonyl (C=O) groups excluding carboxylic acids is 1. The Bertz CT molecular complexity index is 875. The van der Waals surface area contributed by atoms with Crippen LogP contribution in [-0.2, 0) is 11.3 Å². The largest absolute Gasteiger partial charge is 0.366 e. The van der Waals surface area contributed by atoms with Crippen molar-refractivity contribution < 1.29 is 9.72 Å². The quantitative estimate of drug-likeness (QED) is 0.558. The molecule has 8 heteroatoms. The van der Waals surface area contributed by atoms with E-state index in [1.165, 1.54) is 11.6 Å². The highest BCUT2D eigenvalue weighted by Gasteiger charge is 2.31. The van der Waals surface area contributed by atoms with Crippen LogP contribution in [0.15, 0.2) is 48.8 Å². The van der Waals surface area contributed by atoms with Gasteiger partial charge >= 0.3 is 0 Å². The third-order valence-corrected chi connectivity index (χ3v) is 6.08. The average Bonchev–Trinajstić information content (AvgIpc) is 2.80. The van der Waals surface area contributed by atoms with Gasteiger partial charge in [-0.15, -0.1) is 0 Å². The number of piperidine rings is 1. The molecule has 0 spiro atoms. The first kappa shape index (κ1) is 20.3. The van der Waals surface area contributed by atoms with Gasteiger partial charge < -0.3 is 9.80 Å². The topological polar surface area (TPSA) is 82.8 Å². The summed E-state index contributed by atoms with van der Waals surface area (Å²) in [6.45, 7) is 5.45. The summed E-state index contributed by atoms with van der Waals surface area (Å²) in [5, 5.41) is 11.3. The third-order valence-electron chi connectivity index (χ3n) is 6.08. The van der Waals surface area contributed by atoms with E-state index in [4.69, 9.17) is 0 Å². The smallest absolute Gasteiger partial charge is 0.292 e. The Morgan fingerprint density at radius 2 is 1.77 bits per heavy atom. The van der Waals surface area contributed by atoms with Crippen LogP contribution < -0.4 is 4.90 Å². The minimum absolute atomic E-state index is 0.00823. The van der Waals surface area contributed by atoms with Crippen molar-refractivity contribution in [1.29, 1.82) is 0 Å². The number of anilines is 1. The van der Waals surface area contributed by atoms with Gasteiger partial charge in [-0.2, -0.15) is 0 Å². The molecule has 2 fully saturated rings. The van der Waals surface area contributed by atoms with Crippen LogP contribution in [0.25, 0.3) is 0 Å². The van der Waals surface area contributed by atoms with E-state index in [0.29, 0.717) is 18.8 Å². The number of aromatic nitrogens is 1. The van der Waals surface area contributed by atoms with E-state index in [2.05, 4.69) is 16.0 Å². The standard InChI is InChI=1S/C22H27N5O3/c28-22(26-14-12-24(13-15-26)17-18-4-3-9-23-16-18)19-7-10-25(11-8-19)20-5-1-2-6-21(20)27(29)30/h1-6,9,16,19H,7-8,10-15,17H2. The fourth-order valence-corrected chi connectivity index (χ4v) is 4.39. The molecule has 0 bridgehead atoms. The Hall–Kier alpha value is -3.00. The number of pyridine rings is 1. The molecule has 0 atom stereocenters. The molecule has 2 saturated heterocycles. The number of nitro benzene ring substituents is 1. The van der Waals surface area contributed by atoms with E-state index < -0.39 is 0 Å². The highest BCUT2D eigenvalue weighted by Crippen LogP contribution is 2.31. The van der Waals surface area contributed by atoms with Crippen LogP contribution in [0.2, 0.25) is 0 Å². The maximum Gasteiger partial charge on any atom is 0.292 e. The Morgan fingerprint density at radius 1 is 1.03 bits per heavy atom. The number of benzene rings is 1. The van der Waals surface area contributed by atoms with Gasteiger partial charge in [0.05, 0.1) is 4.92 Å². The SMILES string of the molecule is O=C(C1CCN(c2ccccc2[N+](=O)[O-])CC1)N1CCN(Cc2cccnc2)CC1. The summed E-state index contributed by atoms with van der Waals surface area (Å²) in [4.78, 5) is 34.5. The summed E-state index contributed by atoms with van der Waals surface area (Å²) < 4.78 is 0. The Kier molecular flexibility index (Phi) is 6.23. The molecule has 1 amide bonds. The molecule has 2 aromatic rings. The molecular weight excluding hydrogens is 382 g/mol. The molecule has 0 radical (unpaired) electrons. The fourth-order valence-electron chi connectivity index (χ4n) is 4.39. The van der Waals surface area contributed by atoms with Gasteiger partial charge in [0.25, 0.3) is 5.69 Å². The van der Waals surface area contributed by atoms with Gasteiger partial charge in [0.15, 0.2) is 0 Å². The number of piperazine rings is 1. The van der Waals surface area contributed by atoms with Crippen molar-refractivity contribution in [3.8, 4) is 0 Å². The fraction of sp³-hybridized carbons (Fsp3) is 0.455. The van der Waals surface area contributed by atoms with E-state index in [-0.39, 0.29) is 22.4 Å². The highest BCUT2D eigenvalue weighted by atomic mass is 16.6. The molecule has 30 heavy (non-hydrogen) atoms. The summed E-state index contributed by atoms with van der Waals surface area (Å²) in [5.74, 6) is 0.243. The van der Waals surface area contributed by atoms with Crippen molar-refractivity contribution in [3.63, 3.8) is 0 Å². The summed E-state index contributed by atoms with van der Waals surface area (Å²) in [6.07, 6.45) is 5.14. The summed E-state index contributed by atoms with van der Waals surface area (Å²) in [6, 6.07) is 10.9. The van der Waals surface area contributed by atoms with E-state index in [1.54, 1.807) is 18.3 Å². The molecule has 1 aromatic carbocycles. The van der Waals surface area contributed by atoms with Crippen LogP contribution in [0, 0.1) is 16.0 Å². The molecular formula is C22H27N5O3. The zero-order valence-electron chi connectivity index (χ0n) is 17.0. The lowest BCUT2D eigenvalue weighted by Crippen LogP contribution is -2.51. The van der Waals surface area contributed by atoms with Crippen molar-refractivity contribution in [2.45, 2.75) is 19.4 Å². The molecule has 2 aliphatic rings. The molecule has 2 aliphatic heterocycles. The van der Waals surface area contributed by atoms with Crippen LogP contribution in [-0.4, -0.2) is 64.9 Å². The molecule has 0 saturated carbocycles. The van der Waals surface area contributed by atoms with Gasteiger partial charge in [0, 0.05) is 70.2 Å². The monoisotopic (exact) mass is 409 g/mol. The number of carbonyl (C=O) groups is 1. The molecule has 158 valence electrons. The Balaban J connectivity index is 1.28. The van der Waals surface area contributed by atoms with E-state index in [0.717, 1.165) is 45.6 Å². The van der Waals surface area contributed by atoms with Gasteiger partial charge in [-0.05, 0) is 30.5 Å². The summed E-state index contributed by atoms with van der Waals surface area (Å²) in [5.41, 5.74) is 1.98. The number of rotatable bonds is 5. The van der Waals surface area contributed by atoms with E-state index >= 15 is 0 Å². The second-order valence-corrected chi connectivity index (χ2v) is 7.97. The van der Waals surface area contributed by atoms with Gasteiger partial charge in [0.1, 0.15) is 5.69 Å². The van der Waals surface area contributed by atoms with Crippen molar-refractivity contribution in [1.82, 2.24) is 14.8 Å². The van der Waals surface area contributed by atoms with Gasteiger partial charge in [-0.1, -0.05) is 18.2 Å². The number of hydrogen-bond donors (Lipinski definition) is 0. The maximum atomic E-state index is 13.0. The molecule has 3 heterocycles. The van der Waals surface area contributed by atoms with Crippen molar-refractivity contribution in [3.05, 3.63) is 64.5 Å². The number of nitrogens with zero attached hydrogens (tertiary/aromatic N) is 5. The van der Waals surface area contributed by atoms with Gasteiger partial charge in [0.2, 0.25) is 5.91 Å². The van der Waals surface area contributed by atoms with Crippen LogP contribution in [0.3, 0.4) is 0 Å². The minimum Gasteiger partial charge on any atom is -0.366 e. The third kappa shape index (κ3) is 4.59. The number of amides is 1. The van der Waals surface area contributed by atoms with Gasteiger partial charge in [-0.25, -0.2) is 0 Å². The van der Waals surface area contributed by atoms with Crippen LogP contribution >= 0.6 is 0 Å². The highest BCUT2D eigenvalue weighted by molar-refractivity contribution is 5.79. The normalized spacial score (nSPS) is 18.4. The number of para-hydroxylation sites is 2. The second-order valence-electron chi connectivity index (χ2n) is 7.97. The predicted molar refractivity (Wildman–Crippen MR) is 114 cm³/mol. The first-order valence-electron chi connectivity index (χ1n) is 10.5. The number of hydrogen-bond acceptors (Lipinski definition) is 6. The van der Waals surface area contributed by atoms with Gasteiger partial charge in [-0.3, -0.25) is 24.8 Å². The molecule has 0 N–H and O–H groups in total. The summed E-state index contributed by atoms with van der Waals surface area (Å²) in [7, 11) is 0. The van der Waals surface area contributed by atoms with Crippen LogP contribution in [0.1, 0.15) is 18.4 Å². The van der Waals surface area contributed by atoms with Crippen LogP contribution in [0.5, 0.6) is 0 Å². The zero-order chi connectivity index (χ0) is 20.9. The zero-order valence-corrected chi connectivity index (χ0v) is 17.0. The van der Waals surface area contributed by atoms with Crippen molar-refractivity contribution in [2.24, 2.45) is 5.92 Å². The van der Waals surface area contributed by atoms with E-state index in [1.807, 2.05) is 28.1 Å². The Morgan fingerprint density at radius 3 is 2.43 bits per heavy atom. The number of nitro groups is 1. The molecule has 0 aliphatic carbocycles. The Labute approximate surface area is 176 Å². The first-order chi connectivity index (χ1) is 14.6. The predicted octanol–water partition coefficient (Wildman–Crippen LogP) is 2.55. The second kappa shape index (κ2) is 9.21. The summed E-state index contributed by atoms with van der Waals surface area (Å²) >= 11 is 0. The molecule has 1 aromatic heterocycles. The molecule has 4 rings (SSSR count). The molecule has 0 unspecified atom stereocenters. The van der Waals surface area contributed by atoms with Crippen LogP contribution in [0.4, 0.5) is 11.4 Å².